The van der Waals surface area contributed by atoms with Gasteiger partial charge in [-0.15, -0.1) is 0 Å². The molecule has 2 N–H and O–H groups in total. The van der Waals surface area contributed by atoms with Crippen LogP contribution in [0, 0.1) is 0 Å². The summed E-state index contributed by atoms with van der Waals surface area (Å²) < 4.78 is 30.8. The summed E-state index contributed by atoms with van der Waals surface area (Å²) in [7, 11) is -3.51. The van der Waals surface area contributed by atoms with E-state index >= 15 is 0 Å². The fraction of sp³-hybridized carbons (Fsp3) is 0.375. The Hall–Kier alpha value is -2.19. The van der Waals surface area contributed by atoms with Crippen molar-refractivity contribution < 1.29 is 22.7 Å². The van der Waals surface area contributed by atoms with Gasteiger partial charge in [0.1, 0.15) is 0 Å². The smallest absolute Gasteiger partial charge is 0.331 e. The number of ether oxygens (including phenoxy) is 1. The Labute approximate surface area is 142 Å². The summed E-state index contributed by atoms with van der Waals surface area (Å²) in [4.78, 5) is 22.5. The van der Waals surface area contributed by atoms with Crippen molar-refractivity contribution in [1.29, 1.82) is 0 Å². The average molecular weight is 354 g/mol. The van der Waals surface area contributed by atoms with Crippen molar-refractivity contribution in [2.75, 3.05) is 13.1 Å². The number of hydrogen-bond donors (Lipinski definition) is 1. The van der Waals surface area contributed by atoms with E-state index in [4.69, 9.17) is 10.5 Å². The van der Waals surface area contributed by atoms with Crippen LogP contribution in [0.5, 0.6) is 0 Å². The predicted octanol–water partition coefficient (Wildman–Crippen LogP) is 1.15. The van der Waals surface area contributed by atoms with Crippen molar-refractivity contribution in [3.8, 4) is 0 Å². The molecule has 0 aromatic heterocycles. The number of carbonyl (C=O) groups excluding carboxylic acids is 2. The first kappa shape index (κ1) is 19.9. The highest BCUT2D eigenvalue weighted by Crippen LogP contribution is 2.16. The molecule has 0 heterocycles. The maximum atomic E-state index is 12.3. The van der Waals surface area contributed by atoms with E-state index in [1.54, 1.807) is 26.0 Å². The highest BCUT2D eigenvalue weighted by atomic mass is 32.2. The van der Waals surface area contributed by atoms with E-state index in [2.05, 4.69) is 0 Å². The molecule has 1 unspecified atom stereocenters. The summed E-state index contributed by atoms with van der Waals surface area (Å²) in [6.45, 7) is 5.71. The summed E-state index contributed by atoms with van der Waals surface area (Å²) >= 11 is 0. The van der Waals surface area contributed by atoms with Crippen LogP contribution in [-0.2, 0) is 24.3 Å². The molecule has 0 saturated carbocycles. The quantitative estimate of drug-likeness (QED) is 0.557. The van der Waals surface area contributed by atoms with Crippen molar-refractivity contribution in [2.24, 2.45) is 5.73 Å². The van der Waals surface area contributed by atoms with Crippen LogP contribution in [-0.4, -0.2) is 43.8 Å². The molecule has 7 nitrogen and oxygen atoms in total. The first-order valence-electron chi connectivity index (χ1n) is 7.50. The molecule has 1 amide bonds. The molecule has 1 rings (SSSR count). The number of primary amides is 1. The lowest BCUT2D eigenvalue weighted by Crippen LogP contribution is -2.30. The molecule has 0 aliphatic rings. The lowest BCUT2D eigenvalue weighted by atomic mass is 10.2. The van der Waals surface area contributed by atoms with Crippen LogP contribution in [0.4, 0.5) is 0 Å². The maximum Gasteiger partial charge on any atom is 0.331 e. The minimum absolute atomic E-state index is 0.188. The molecule has 1 aromatic rings. The van der Waals surface area contributed by atoms with Crippen LogP contribution in [0.1, 0.15) is 26.3 Å². The molecule has 0 radical (unpaired) electrons. The highest BCUT2D eigenvalue weighted by Gasteiger charge is 2.21. The molecule has 1 atom stereocenters. The van der Waals surface area contributed by atoms with Gasteiger partial charge in [-0.1, -0.05) is 26.0 Å². The standard InChI is InChI=1S/C16H22N2O5S/c1-4-18(5-2)24(21,22)14-9-6-13(7-10-14)8-11-15(19)23-12(3)16(17)20/h6-12H,4-5H2,1-3H3,(H2,17,20)/b11-8+. The first-order valence-corrected chi connectivity index (χ1v) is 8.94. The van der Waals surface area contributed by atoms with Crippen LogP contribution in [0.3, 0.4) is 0 Å². The maximum absolute atomic E-state index is 12.3. The monoisotopic (exact) mass is 354 g/mol. The van der Waals surface area contributed by atoms with Gasteiger partial charge < -0.3 is 10.5 Å². The van der Waals surface area contributed by atoms with Gasteiger partial charge in [0, 0.05) is 19.2 Å². The van der Waals surface area contributed by atoms with Gasteiger partial charge in [-0.3, -0.25) is 4.79 Å². The lowest BCUT2D eigenvalue weighted by molar-refractivity contribution is -0.148. The van der Waals surface area contributed by atoms with Crippen molar-refractivity contribution in [3.05, 3.63) is 35.9 Å². The molecular formula is C16H22N2O5S. The number of hydrogen-bond acceptors (Lipinski definition) is 5. The van der Waals surface area contributed by atoms with E-state index < -0.39 is 28.0 Å². The number of rotatable bonds is 8. The van der Waals surface area contributed by atoms with Crippen molar-refractivity contribution >= 4 is 28.0 Å². The fourth-order valence-electron chi connectivity index (χ4n) is 1.90. The zero-order valence-electron chi connectivity index (χ0n) is 13.9. The third-order valence-corrected chi connectivity index (χ3v) is 5.39. The van der Waals surface area contributed by atoms with Crippen LogP contribution >= 0.6 is 0 Å². The summed E-state index contributed by atoms with van der Waals surface area (Å²) in [5, 5.41) is 0. The number of sulfonamides is 1. The van der Waals surface area contributed by atoms with Gasteiger partial charge in [-0.2, -0.15) is 4.31 Å². The van der Waals surface area contributed by atoms with Crippen molar-refractivity contribution in [2.45, 2.75) is 31.8 Å². The number of benzene rings is 1. The molecule has 24 heavy (non-hydrogen) atoms. The number of amides is 1. The highest BCUT2D eigenvalue weighted by molar-refractivity contribution is 7.89. The van der Waals surface area contributed by atoms with Crippen LogP contribution in [0.2, 0.25) is 0 Å². The molecule has 0 bridgehead atoms. The molecule has 0 saturated heterocycles. The number of nitrogens with two attached hydrogens (primary N) is 1. The molecule has 132 valence electrons. The normalized spacial score (nSPS) is 13.2. The van der Waals surface area contributed by atoms with Gasteiger partial charge in [-0.25, -0.2) is 13.2 Å². The minimum atomic E-state index is -3.51. The van der Waals surface area contributed by atoms with Gasteiger partial charge in [-0.05, 0) is 30.7 Å². The van der Waals surface area contributed by atoms with Gasteiger partial charge in [0.15, 0.2) is 6.10 Å². The number of esters is 1. The summed E-state index contributed by atoms with van der Waals surface area (Å²) in [5.41, 5.74) is 5.62. The molecule has 0 aliphatic heterocycles. The second-order valence-corrected chi connectivity index (χ2v) is 6.91. The van der Waals surface area contributed by atoms with E-state index in [-0.39, 0.29) is 4.90 Å². The van der Waals surface area contributed by atoms with Gasteiger partial charge in [0.25, 0.3) is 5.91 Å². The lowest BCUT2D eigenvalue weighted by Gasteiger charge is -2.18. The minimum Gasteiger partial charge on any atom is -0.449 e. The van der Waals surface area contributed by atoms with E-state index in [0.29, 0.717) is 18.7 Å². The average Bonchev–Trinajstić information content (AvgIpc) is 2.54. The second kappa shape index (κ2) is 8.60. The summed E-state index contributed by atoms with van der Waals surface area (Å²) in [6, 6.07) is 6.12. The Bertz CT molecular complexity index is 706. The van der Waals surface area contributed by atoms with Crippen molar-refractivity contribution in [1.82, 2.24) is 4.31 Å². The number of carbonyl (C=O) groups is 2. The van der Waals surface area contributed by atoms with Gasteiger partial charge in [0.2, 0.25) is 10.0 Å². The summed E-state index contributed by atoms with van der Waals surface area (Å²) in [6.07, 6.45) is 1.60. The van der Waals surface area contributed by atoms with E-state index in [0.717, 1.165) is 6.08 Å². The molecule has 0 aliphatic carbocycles. The SMILES string of the molecule is CCN(CC)S(=O)(=O)c1ccc(/C=C/C(=O)OC(C)C(N)=O)cc1. The largest absolute Gasteiger partial charge is 0.449 e. The summed E-state index contributed by atoms with van der Waals surface area (Å²) in [5.74, 6) is -1.44. The Morgan fingerprint density at radius 3 is 2.21 bits per heavy atom. The Kier molecular flexibility index (Phi) is 7.12. The predicted molar refractivity (Wildman–Crippen MR) is 90.3 cm³/mol. The van der Waals surface area contributed by atoms with Crippen LogP contribution < -0.4 is 5.73 Å². The number of nitrogens with zero attached hydrogens (tertiary/aromatic N) is 1. The molecule has 8 heteroatoms. The zero-order chi connectivity index (χ0) is 18.3. The van der Waals surface area contributed by atoms with E-state index in [1.165, 1.54) is 29.4 Å². The first-order chi connectivity index (χ1) is 11.2. The zero-order valence-corrected chi connectivity index (χ0v) is 14.7. The Morgan fingerprint density at radius 1 is 1.21 bits per heavy atom. The third kappa shape index (κ3) is 5.17. The van der Waals surface area contributed by atoms with Crippen LogP contribution in [0.25, 0.3) is 6.08 Å². The molecule has 1 aromatic carbocycles. The third-order valence-electron chi connectivity index (χ3n) is 3.33. The van der Waals surface area contributed by atoms with E-state index in [1.807, 2.05) is 0 Å². The Balaban J connectivity index is 2.83. The van der Waals surface area contributed by atoms with Gasteiger partial charge >= 0.3 is 5.97 Å². The topological polar surface area (TPSA) is 107 Å². The molecular weight excluding hydrogens is 332 g/mol. The van der Waals surface area contributed by atoms with Crippen molar-refractivity contribution in [3.63, 3.8) is 0 Å². The second-order valence-electron chi connectivity index (χ2n) is 4.97. The molecule has 0 fully saturated rings. The fourth-order valence-corrected chi connectivity index (χ4v) is 3.36. The molecule has 0 spiro atoms. The van der Waals surface area contributed by atoms with E-state index in [9.17, 15) is 18.0 Å². The van der Waals surface area contributed by atoms with Crippen LogP contribution in [0.15, 0.2) is 35.2 Å². The van der Waals surface area contributed by atoms with Gasteiger partial charge in [0.05, 0.1) is 4.90 Å². The Morgan fingerprint density at radius 2 is 1.75 bits per heavy atom.